The minimum atomic E-state index is -3.91. The van der Waals surface area contributed by atoms with E-state index in [0.717, 1.165) is 11.1 Å². The number of benzene rings is 3. The normalized spacial score (nSPS) is 13.9. The SMILES string of the molecule is CCc1ccc(OC)c(S(=O)(=O)Nc2ccc3c(c2)CCCN3S(=O)(=O)c2ccccc2)c1. The average molecular weight is 487 g/mol. The van der Waals surface area contributed by atoms with E-state index in [1.807, 2.05) is 13.0 Å². The van der Waals surface area contributed by atoms with E-state index < -0.39 is 20.0 Å². The number of methoxy groups -OCH3 is 1. The topological polar surface area (TPSA) is 92.8 Å². The standard InChI is InChI=1S/C24H26N2O5S2/c1-3-18-11-14-23(31-2)24(16-18)32(27,28)25-20-12-13-22-19(17-20)8-7-15-26(22)33(29,30)21-9-5-4-6-10-21/h4-6,9-14,16-17,25H,3,7-8,15H2,1-2H3. The van der Waals surface area contributed by atoms with Gasteiger partial charge in [0.1, 0.15) is 10.6 Å². The average Bonchev–Trinajstić information content (AvgIpc) is 2.83. The van der Waals surface area contributed by atoms with Gasteiger partial charge in [-0.1, -0.05) is 31.2 Å². The molecule has 4 rings (SSSR count). The Morgan fingerprint density at radius 1 is 0.970 bits per heavy atom. The zero-order chi connectivity index (χ0) is 23.6. The molecule has 0 saturated heterocycles. The first-order valence-electron chi connectivity index (χ1n) is 10.7. The van der Waals surface area contributed by atoms with Crippen molar-refractivity contribution in [3.05, 3.63) is 77.9 Å². The Kier molecular flexibility index (Phi) is 6.36. The highest BCUT2D eigenvalue weighted by Crippen LogP contribution is 2.35. The van der Waals surface area contributed by atoms with E-state index >= 15 is 0 Å². The van der Waals surface area contributed by atoms with E-state index in [4.69, 9.17) is 4.74 Å². The lowest BCUT2D eigenvalue weighted by Crippen LogP contribution is -2.35. The second-order valence-corrected chi connectivity index (χ2v) is 11.3. The van der Waals surface area contributed by atoms with Gasteiger partial charge in [0, 0.05) is 12.2 Å². The van der Waals surface area contributed by atoms with Gasteiger partial charge < -0.3 is 4.74 Å². The predicted octanol–water partition coefficient (Wildman–Crippen LogP) is 4.20. The monoisotopic (exact) mass is 486 g/mol. The molecule has 0 bridgehead atoms. The van der Waals surface area contributed by atoms with Crippen molar-refractivity contribution in [2.75, 3.05) is 22.7 Å². The molecule has 0 radical (unpaired) electrons. The molecule has 0 aliphatic carbocycles. The maximum Gasteiger partial charge on any atom is 0.265 e. The fraction of sp³-hybridized carbons (Fsp3) is 0.250. The van der Waals surface area contributed by atoms with Crippen LogP contribution in [-0.2, 0) is 32.9 Å². The lowest BCUT2D eigenvalue weighted by molar-refractivity contribution is 0.402. The minimum Gasteiger partial charge on any atom is -0.495 e. The first kappa shape index (κ1) is 23.1. The summed E-state index contributed by atoms with van der Waals surface area (Å²) in [5.74, 6) is 0.262. The summed E-state index contributed by atoms with van der Waals surface area (Å²) in [4.78, 5) is 0.292. The molecule has 1 aliphatic rings. The van der Waals surface area contributed by atoms with Crippen LogP contribution in [0.1, 0.15) is 24.5 Å². The zero-order valence-electron chi connectivity index (χ0n) is 18.5. The molecular formula is C24H26N2O5S2. The highest BCUT2D eigenvalue weighted by molar-refractivity contribution is 7.93. The van der Waals surface area contributed by atoms with Crippen LogP contribution < -0.4 is 13.8 Å². The summed E-state index contributed by atoms with van der Waals surface area (Å²) >= 11 is 0. The second-order valence-electron chi connectivity index (χ2n) is 7.78. The summed E-state index contributed by atoms with van der Waals surface area (Å²) in [6, 6.07) is 18.3. The van der Waals surface area contributed by atoms with E-state index in [-0.39, 0.29) is 15.5 Å². The number of ether oxygens (including phenoxy) is 1. The van der Waals surface area contributed by atoms with Crippen molar-refractivity contribution in [2.45, 2.75) is 36.0 Å². The molecule has 33 heavy (non-hydrogen) atoms. The number of nitrogens with one attached hydrogen (secondary N) is 1. The van der Waals surface area contributed by atoms with Crippen LogP contribution in [0.5, 0.6) is 5.75 Å². The van der Waals surface area contributed by atoms with Crippen molar-refractivity contribution >= 4 is 31.4 Å². The maximum absolute atomic E-state index is 13.2. The number of aryl methyl sites for hydroxylation is 2. The minimum absolute atomic E-state index is 0.0651. The summed E-state index contributed by atoms with van der Waals surface area (Å²) in [7, 11) is -6.18. The Hall–Kier alpha value is -3.04. The number of rotatable bonds is 7. The van der Waals surface area contributed by atoms with Crippen LogP contribution >= 0.6 is 0 Å². The van der Waals surface area contributed by atoms with Crippen molar-refractivity contribution in [2.24, 2.45) is 0 Å². The Morgan fingerprint density at radius 2 is 1.73 bits per heavy atom. The number of anilines is 2. The zero-order valence-corrected chi connectivity index (χ0v) is 20.1. The van der Waals surface area contributed by atoms with Gasteiger partial charge in [-0.25, -0.2) is 16.8 Å². The predicted molar refractivity (Wildman–Crippen MR) is 129 cm³/mol. The van der Waals surface area contributed by atoms with Crippen LogP contribution in [0.25, 0.3) is 0 Å². The fourth-order valence-electron chi connectivity index (χ4n) is 3.96. The summed E-state index contributed by atoms with van der Waals surface area (Å²) in [5.41, 5.74) is 2.59. The highest BCUT2D eigenvalue weighted by Gasteiger charge is 2.29. The third-order valence-electron chi connectivity index (χ3n) is 5.66. The summed E-state index contributed by atoms with van der Waals surface area (Å²) in [6.45, 7) is 2.32. The lowest BCUT2D eigenvalue weighted by Gasteiger charge is -2.31. The van der Waals surface area contributed by atoms with Gasteiger partial charge in [0.15, 0.2) is 0 Å². The molecule has 0 atom stereocenters. The first-order chi connectivity index (χ1) is 15.8. The molecule has 0 spiro atoms. The van der Waals surface area contributed by atoms with E-state index in [0.29, 0.717) is 37.2 Å². The van der Waals surface area contributed by atoms with Crippen LogP contribution in [0.4, 0.5) is 11.4 Å². The van der Waals surface area contributed by atoms with Crippen molar-refractivity contribution in [1.82, 2.24) is 0 Å². The first-order valence-corrected chi connectivity index (χ1v) is 13.6. The Balaban J connectivity index is 1.67. The molecule has 9 heteroatoms. The van der Waals surface area contributed by atoms with E-state index in [9.17, 15) is 16.8 Å². The number of fused-ring (bicyclic) bond motifs is 1. The molecule has 0 aromatic heterocycles. The molecular weight excluding hydrogens is 460 g/mol. The second kappa shape index (κ2) is 9.07. The Labute approximate surface area is 195 Å². The molecule has 3 aromatic carbocycles. The molecule has 0 saturated carbocycles. The number of nitrogens with zero attached hydrogens (tertiary/aromatic N) is 1. The number of hydrogen-bond donors (Lipinski definition) is 1. The fourth-order valence-corrected chi connectivity index (χ4v) is 6.79. The quantitative estimate of drug-likeness (QED) is 0.540. The van der Waals surface area contributed by atoms with Crippen LogP contribution in [0.2, 0.25) is 0 Å². The third-order valence-corrected chi connectivity index (χ3v) is 8.89. The molecule has 7 nitrogen and oxygen atoms in total. The van der Waals surface area contributed by atoms with Gasteiger partial charge in [0.2, 0.25) is 0 Å². The van der Waals surface area contributed by atoms with Crippen LogP contribution in [0.15, 0.2) is 76.5 Å². The van der Waals surface area contributed by atoms with Gasteiger partial charge in [-0.05, 0) is 72.9 Å². The number of hydrogen-bond acceptors (Lipinski definition) is 5. The molecule has 1 heterocycles. The Bertz CT molecular complexity index is 1370. The highest BCUT2D eigenvalue weighted by atomic mass is 32.2. The largest absolute Gasteiger partial charge is 0.495 e. The van der Waals surface area contributed by atoms with E-state index in [2.05, 4.69) is 4.72 Å². The van der Waals surface area contributed by atoms with Crippen molar-refractivity contribution in [1.29, 1.82) is 0 Å². The van der Waals surface area contributed by atoms with Gasteiger partial charge >= 0.3 is 0 Å². The molecule has 174 valence electrons. The number of sulfonamides is 2. The summed E-state index contributed by atoms with van der Waals surface area (Å²) in [5, 5.41) is 0. The third kappa shape index (κ3) is 4.56. The summed E-state index contributed by atoms with van der Waals surface area (Å²) in [6.07, 6.45) is 1.99. The smallest absolute Gasteiger partial charge is 0.265 e. The molecule has 0 unspecified atom stereocenters. The van der Waals surface area contributed by atoms with Gasteiger partial charge in [-0.3, -0.25) is 9.03 Å². The van der Waals surface area contributed by atoms with Crippen molar-refractivity contribution in [3.63, 3.8) is 0 Å². The van der Waals surface area contributed by atoms with Crippen molar-refractivity contribution < 1.29 is 21.6 Å². The maximum atomic E-state index is 13.2. The lowest BCUT2D eigenvalue weighted by atomic mass is 10.0. The molecule has 3 aromatic rings. The molecule has 1 aliphatic heterocycles. The van der Waals surface area contributed by atoms with E-state index in [1.54, 1.807) is 60.7 Å². The van der Waals surface area contributed by atoms with Crippen LogP contribution in [0, 0.1) is 0 Å². The Morgan fingerprint density at radius 3 is 2.42 bits per heavy atom. The van der Waals surface area contributed by atoms with Gasteiger partial charge in [-0.2, -0.15) is 0 Å². The van der Waals surface area contributed by atoms with Crippen LogP contribution in [-0.4, -0.2) is 30.5 Å². The van der Waals surface area contributed by atoms with Crippen molar-refractivity contribution in [3.8, 4) is 5.75 Å². The van der Waals surface area contributed by atoms with Crippen LogP contribution in [0.3, 0.4) is 0 Å². The van der Waals surface area contributed by atoms with Gasteiger partial charge in [0.05, 0.1) is 17.7 Å². The van der Waals surface area contributed by atoms with E-state index in [1.165, 1.54) is 11.4 Å². The summed E-state index contributed by atoms with van der Waals surface area (Å²) < 4.78 is 61.9. The molecule has 1 N–H and O–H groups in total. The molecule has 0 amide bonds. The van der Waals surface area contributed by atoms with Gasteiger partial charge in [-0.15, -0.1) is 0 Å². The van der Waals surface area contributed by atoms with Gasteiger partial charge in [0.25, 0.3) is 20.0 Å². The molecule has 0 fully saturated rings.